The first-order chi connectivity index (χ1) is 38.2. The Morgan fingerprint density at radius 2 is 0.766 bits per heavy atom. The van der Waals surface area contributed by atoms with Crippen molar-refractivity contribution in [3.63, 3.8) is 0 Å². The molecule has 2 heterocycles. The summed E-state index contributed by atoms with van der Waals surface area (Å²) < 4.78 is 5.26. The van der Waals surface area contributed by atoms with Gasteiger partial charge in [0.25, 0.3) is 0 Å². The third-order valence-electron chi connectivity index (χ3n) is 17.1. The van der Waals surface area contributed by atoms with E-state index in [-0.39, 0.29) is 11.8 Å². The maximum atomic E-state index is 2.60. The van der Waals surface area contributed by atoms with Gasteiger partial charge >= 0.3 is 0 Å². The molecule has 3 aliphatic carbocycles. The Labute approximate surface area is 453 Å². The number of para-hydroxylation sites is 1. The van der Waals surface area contributed by atoms with Gasteiger partial charge in [-0.3, -0.25) is 0 Å². The van der Waals surface area contributed by atoms with Crippen LogP contribution < -0.4 is 20.7 Å². The van der Waals surface area contributed by atoms with Gasteiger partial charge in [0.2, 0.25) is 0 Å². The highest BCUT2D eigenvalue weighted by atomic mass is 32.1. The van der Waals surface area contributed by atoms with E-state index in [9.17, 15) is 0 Å². The number of hydrogen-bond donors (Lipinski definition) is 0. The average molecular weight is 1010 g/mol. The maximum absolute atomic E-state index is 3.23. The highest BCUT2D eigenvalue weighted by Crippen LogP contribution is 2.57. The second kappa shape index (κ2) is 17.5. The highest BCUT2D eigenvalue weighted by molar-refractivity contribution is 7.25. The summed E-state index contributed by atoms with van der Waals surface area (Å²) in [6, 6.07) is 109. The molecule has 17 rings (SSSR count). The van der Waals surface area contributed by atoms with Crippen LogP contribution in [0.15, 0.2) is 285 Å². The van der Waals surface area contributed by atoms with Crippen molar-refractivity contribution in [2.75, 3.05) is 0 Å². The largest absolute Gasteiger partial charge is 0.309 e. The van der Waals surface area contributed by atoms with E-state index in [1.54, 1.807) is 0 Å². The molecule has 77 heavy (non-hydrogen) atoms. The van der Waals surface area contributed by atoms with Gasteiger partial charge in [-0.25, -0.2) is 0 Å². The molecule has 0 saturated heterocycles. The minimum Gasteiger partial charge on any atom is -0.309 e. The maximum Gasteiger partial charge on any atom is 0.179 e. The first-order valence-corrected chi connectivity index (χ1v) is 29.7. The molecule has 3 aliphatic rings. The Morgan fingerprint density at radius 3 is 1.48 bits per heavy atom. The van der Waals surface area contributed by atoms with E-state index in [2.05, 4.69) is 290 Å². The van der Waals surface area contributed by atoms with Gasteiger partial charge in [0, 0.05) is 42.8 Å². The van der Waals surface area contributed by atoms with Crippen molar-refractivity contribution < 1.29 is 0 Å². The molecular weight excluding hydrogens is 963 g/mol. The zero-order valence-corrected chi connectivity index (χ0v) is 44.0. The van der Waals surface area contributed by atoms with Crippen LogP contribution in [0.25, 0.3) is 81.0 Å². The summed E-state index contributed by atoms with van der Waals surface area (Å²) >= 11 is 1.88. The molecule has 12 aromatic carbocycles. The Balaban J connectivity index is 0.964. The van der Waals surface area contributed by atoms with Crippen LogP contribution in [0.4, 0.5) is 0 Å². The smallest absolute Gasteiger partial charge is 0.179 e. The molecule has 14 aromatic rings. The zero-order chi connectivity index (χ0) is 50.6. The van der Waals surface area contributed by atoms with Gasteiger partial charge in [-0.1, -0.05) is 243 Å². The summed E-state index contributed by atoms with van der Waals surface area (Å²) in [5.74, 6) is 0.0131. The van der Waals surface area contributed by atoms with Crippen molar-refractivity contribution in [3.8, 4) is 39.1 Å². The minimum atomic E-state index is -3.23. The number of benzene rings is 12. The lowest BCUT2D eigenvalue weighted by Crippen LogP contribution is -2.75. The lowest BCUT2D eigenvalue weighted by molar-refractivity contribution is 0.752. The van der Waals surface area contributed by atoms with E-state index < -0.39 is 8.07 Å². The standard InChI is InChI=1S/C74H49NSSi/c1-4-20-48(21-5-1)50-24-16-28-55(44-50)77(54-26-8-3-9-27-54,56-29-17-25-51(45-56)49-22-6-2-7-23-49)70-39-19-35-62-71-59-32-10-11-33-60(59)74(73(62)70)72-61(71)34-18-37-67(72)75-65-36-14-12-30-57(65)63-46-52(40-42-66(63)75)53-41-43-69-64(47-53)58-31-13-15-38-68(58)76-69/h1-47,71,74H. The lowest BCUT2D eigenvalue weighted by atomic mass is 9.60. The number of hydrogen-bond acceptors (Lipinski definition) is 1. The fraction of sp³-hybridized carbons (Fsp3) is 0.0270. The summed E-state index contributed by atoms with van der Waals surface area (Å²) in [5.41, 5.74) is 19.6. The van der Waals surface area contributed by atoms with E-state index in [0.717, 1.165) is 0 Å². The van der Waals surface area contributed by atoms with Gasteiger partial charge < -0.3 is 4.57 Å². The van der Waals surface area contributed by atoms with Crippen molar-refractivity contribution in [3.05, 3.63) is 318 Å². The quantitative estimate of drug-likeness (QED) is 0.106. The van der Waals surface area contributed by atoms with Gasteiger partial charge in [-0.2, -0.15) is 0 Å². The predicted molar refractivity (Wildman–Crippen MR) is 328 cm³/mol. The molecule has 1 nitrogen and oxygen atoms in total. The van der Waals surface area contributed by atoms with Crippen LogP contribution in [-0.2, 0) is 0 Å². The summed E-state index contributed by atoms with van der Waals surface area (Å²) in [6.45, 7) is 0. The number of rotatable bonds is 8. The molecule has 0 N–H and O–H groups in total. The van der Waals surface area contributed by atoms with E-state index in [4.69, 9.17) is 0 Å². The second-order valence-corrected chi connectivity index (χ2v) is 25.8. The minimum absolute atomic E-state index is 0.0403. The van der Waals surface area contributed by atoms with E-state index in [0.29, 0.717) is 0 Å². The molecule has 2 unspecified atom stereocenters. The van der Waals surface area contributed by atoms with Gasteiger partial charge in [0.15, 0.2) is 8.07 Å². The molecule has 0 amide bonds. The van der Waals surface area contributed by atoms with Crippen molar-refractivity contribution >= 4 is 82.1 Å². The fourth-order valence-corrected chi connectivity index (χ4v) is 20.1. The van der Waals surface area contributed by atoms with Crippen molar-refractivity contribution in [2.24, 2.45) is 0 Å². The SMILES string of the molecule is c1ccc(-c2cccc([Si](c3ccccc3)(c3cccc(-c4ccccc4)c3)c3cccc4c3C3c5ccccc5C4c4cccc(-n5c6ccccc6c6cc(-c7ccc8sc9ccccc9c8c7)ccc65)c43)c2)cc1. The van der Waals surface area contributed by atoms with Gasteiger partial charge in [-0.05, 0) is 130 Å². The summed E-state index contributed by atoms with van der Waals surface area (Å²) in [5, 5.41) is 10.7. The fourth-order valence-electron chi connectivity index (χ4n) is 13.9. The summed E-state index contributed by atoms with van der Waals surface area (Å²) in [7, 11) is -3.23. The number of nitrogens with zero attached hydrogens (tertiary/aromatic N) is 1. The molecule has 0 spiro atoms. The van der Waals surface area contributed by atoms with Crippen LogP contribution in [-0.4, -0.2) is 12.6 Å². The molecule has 0 saturated carbocycles. The van der Waals surface area contributed by atoms with Gasteiger partial charge in [0.05, 0.1) is 16.7 Å². The lowest BCUT2D eigenvalue weighted by Gasteiger charge is -2.47. The van der Waals surface area contributed by atoms with Crippen molar-refractivity contribution in [2.45, 2.75) is 11.8 Å². The Kier molecular flexibility index (Phi) is 10.0. The number of thiophene rings is 1. The monoisotopic (exact) mass is 1010 g/mol. The number of fused-ring (bicyclic) bond motifs is 6. The van der Waals surface area contributed by atoms with Crippen LogP contribution in [0.1, 0.15) is 45.2 Å². The van der Waals surface area contributed by atoms with Crippen LogP contribution in [0.2, 0.25) is 0 Å². The van der Waals surface area contributed by atoms with Gasteiger partial charge in [0.1, 0.15) is 0 Å². The number of aromatic nitrogens is 1. The third-order valence-corrected chi connectivity index (χ3v) is 23.1. The summed E-state index contributed by atoms with van der Waals surface area (Å²) in [4.78, 5) is 0. The molecule has 0 radical (unpaired) electrons. The molecule has 0 aliphatic heterocycles. The van der Waals surface area contributed by atoms with Crippen LogP contribution in [0.5, 0.6) is 0 Å². The van der Waals surface area contributed by atoms with Crippen LogP contribution in [0, 0.1) is 0 Å². The second-order valence-electron chi connectivity index (χ2n) is 21.0. The topological polar surface area (TPSA) is 4.93 Å². The van der Waals surface area contributed by atoms with E-state index >= 15 is 0 Å². The first-order valence-electron chi connectivity index (χ1n) is 26.9. The molecule has 2 bridgehead atoms. The van der Waals surface area contributed by atoms with Crippen molar-refractivity contribution in [1.29, 1.82) is 0 Å². The zero-order valence-electron chi connectivity index (χ0n) is 42.1. The molecule has 3 heteroatoms. The molecule has 2 atom stereocenters. The molecule has 360 valence electrons. The Hall–Kier alpha value is -9.12. The summed E-state index contributed by atoms with van der Waals surface area (Å²) in [6.07, 6.45) is 0. The third kappa shape index (κ3) is 6.64. The van der Waals surface area contributed by atoms with Gasteiger partial charge in [-0.15, -0.1) is 11.3 Å². The molecular formula is C74H49NSSi. The average Bonchev–Trinajstić information content (AvgIpc) is 4.05. The first kappa shape index (κ1) is 44.2. The molecule has 2 aromatic heterocycles. The highest BCUT2D eigenvalue weighted by Gasteiger charge is 2.50. The normalized spacial score (nSPS) is 14.5. The Bertz CT molecular complexity index is 4560. The van der Waals surface area contributed by atoms with E-state index in [1.807, 2.05) is 11.3 Å². The van der Waals surface area contributed by atoms with Crippen LogP contribution in [0.3, 0.4) is 0 Å². The predicted octanol–water partition coefficient (Wildman–Crippen LogP) is 16.5. The van der Waals surface area contributed by atoms with E-state index in [1.165, 1.54) is 135 Å². The Morgan fingerprint density at radius 1 is 0.286 bits per heavy atom. The van der Waals surface area contributed by atoms with Crippen LogP contribution >= 0.6 is 11.3 Å². The molecule has 0 fully saturated rings. The van der Waals surface area contributed by atoms with Crippen molar-refractivity contribution in [1.82, 2.24) is 4.57 Å².